The van der Waals surface area contributed by atoms with Crippen LogP contribution in [0.1, 0.15) is 18.1 Å². The van der Waals surface area contributed by atoms with E-state index in [1.807, 2.05) is 31.2 Å². The molecule has 0 aromatic heterocycles. The van der Waals surface area contributed by atoms with Gasteiger partial charge in [-0.15, -0.1) is 0 Å². The maximum atomic E-state index is 12.1. The third-order valence-electron chi connectivity index (χ3n) is 3.58. The minimum atomic E-state index is -3.88. The molecule has 7 nitrogen and oxygen atoms in total. The Morgan fingerprint density at radius 3 is 2.44 bits per heavy atom. The van der Waals surface area contributed by atoms with Crippen molar-refractivity contribution < 1.29 is 22.7 Å². The maximum absolute atomic E-state index is 12.1. The summed E-state index contributed by atoms with van der Waals surface area (Å²) >= 11 is 0. The van der Waals surface area contributed by atoms with Crippen molar-refractivity contribution >= 4 is 33.7 Å². The topological polar surface area (TPSA) is 116 Å². The molecule has 1 amide bonds. The van der Waals surface area contributed by atoms with Crippen LogP contribution in [0, 0.1) is 6.92 Å². The van der Waals surface area contributed by atoms with Gasteiger partial charge in [0.1, 0.15) is 0 Å². The van der Waals surface area contributed by atoms with Crippen LogP contribution in [0.25, 0.3) is 6.08 Å². The van der Waals surface area contributed by atoms with Gasteiger partial charge in [0, 0.05) is 11.8 Å². The summed E-state index contributed by atoms with van der Waals surface area (Å²) in [7, 11) is -3.88. The lowest BCUT2D eigenvalue weighted by atomic mass is 10.1. The van der Waals surface area contributed by atoms with Gasteiger partial charge in [-0.25, -0.2) is 18.4 Å². The summed E-state index contributed by atoms with van der Waals surface area (Å²) in [5.74, 6) is -1.27. The van der Waals surface area contributed by atoms with E-state index >= 15 is 0 Å². The standard InChI is InChI=1S/C19H20N2O5S/c1-13-6-8-15(9-7-13)10-11-18(22)26-14(2)19(23)21-16-4-3-5-17(12-16)27(20,24)25/h3-12,14H,1-2H3,(H,21,23)(H2,20,24,25)/b11-10+/t14-/m1/s1. The number of ether oxygens (including phenoxy) is 1. The molecule has 0 heterocycles. The lowest BCUT2D eigenvalue weighted by molar-refractivity contribution is -0.148. The monoisotopic (exact) mass is 388 g/mol. The van der Waals surface area contributed by atoms with Crippen molar-refractivity contribution in [3.8, 4) is 0 Å². The number of primary sulfonamides is 1. The maximum Gasteiger partial charge on any atom is 0.331 e. The number of hydrogen-bond donors (Lipinski definition) is 2. The number of carbonyl (C=O) groups excluding carboxylic acids is 2. The van der Waals surface area contributed by atoms with Gasteiger partial charge in [-0.1, -0.05) is 35.9 Å². The quantitative estimate of drug-likeness (QED) is 0.581. The van der Waals surface area contributed by atoms with Crippen molar-refractivity contribution in [1.29, 1.82) is 0 Å². The zero-order chi connectivity index (χ0) is 20.0. The van der Waals surface area contributed by atoms with E-state index in [4.69, 9.17) is 9.88 Å². The highest BCUT2D eigenvalue weighted by Crippen LogP contribution is 2.14. The number of carbonyl (C=O) groups is 2. The zero-order valence-electron chi connectivity index (χ0n) is 14.9. The first-order chi connectivity index (χ1) is 12.6. The minimum Gasteiger partial charge on any atom is -0.449 e. The van der Waals surface area contributed by atoms with Crippen molar-refractivity contribution in [3.63, 3.8) is 0 Å². The third kappa shape index (κ3) is 6.36. The molecule has 8 heteroatoms. The van der Waals surface area contributed by atoms with E-state index in [0.29, 0.717) is 0 Å². The molecule has 2 aromatic rings. The molecule has 0 bridgehead atoms. The number of aryl methyl sites for hydroxylation is 1. The van der Waals surface area contributed by atoms with Crippen LogP contribution in [0.2, 0.25) is 0 Å². The zero-order valence-corrected chi connectivity index (χ0v) is 15.7. The lowest BCUT2D eigenvalue weighted by Gasteiger charge is -2.12. The number of sulfonamides is 1. The average Bonchev–Trinajstić information content (AvgIpc) is 2.60. The average molecular weight is 388 g/mol. The summed E-state index contributed by atoms with van der Waals surface area (Å²) in [5, 5.41) is 7.53. The second kappa shape index (κ2) is 8.61. The Labute approximate surface area is 157 Å². The summed E-state index contributed by atoms with van der Waals surface area (Å²) in [6.07, 6.45) is 1.75. The van der Waals surface area contributed by atoms with Gasteiger partial charge in [-0.2, -0.15) is 0 Å². The van der Waals surface area contributed by atoms with Crippen LogP contribution in [-0.4, -0.2) is 26.4 Å². The Morgan fingerprint density at radius 1 is 1.15 bits per heavy atom. The van der Waals surface area contributed by atoms with Gasteiger partial charge in [0.05, 0.1) is 4.90 Å². The van der Waals surface area contributed by atoms with E-state index < -0.39 is 28.0 Å². The molecule has 0 spiro atoms. The smallest absolute Gasteiger partial charge is 0.331 e. The van der Waals surface area contributed by atoms with Crippen LogP contribution >= 0.6 is 0 Å². The molecule has 0 fully saturated rings. The van der Waals surface area contributed by atoms with E-state index in [0.717, 1.165) is 11.1 Å². The normalized spacial score (nSPS) is 12.6. The molecule has 0 aliphatic carbocycles. The first kappa shape index (κ1) is 20.3. The third-order valence-corrected chi connectivity index (χ3v) is 4.49. The van der Waals surface area contributed by atoms with Crippen molar-refractivity contribution in [2.75, 3.05) is 5.32 Å². The summed E-state index contributed by atoms with van der Waals surface area (Å²) in [4.78, 5) is 23.8. The fourth-order valence-corrected chi connectivity index (χ4v) is 2.66. The van der Waals surface area contributed by atoms with Gasteiger partial charge in [0.25, 0.3) is 5.91 Å². The summed E-state index contributed by atoms with van der Waals surface area (Å²) < 4.78 is 27.7. The number of amides is 1. The van der Waals surface area contributed by atoms with Crippen LogP contribution < -0.4 is 10.5 Å². The molecule has 0 saturated carbocycles. The predicted molar refractivity (Wildman–Crippen MR) is 102 cm³/mol. The highest BCUT2D eigenvalue weighted by Gasteiger charge is 2.17. The number of hydrogen-bond acceptors (Lipinski definition) is 5. The Balaban J connectivity index is 1.95. The molecule has 2 rings (SSSR count). The SMILES string of the molecule is Cc1ccc(/C=C/C(=O)O[C@H](C)C(=O)Nc2cccc(S(N)(=O)=O)c2)cc1. The predicted octanol–water partition coefficient (Wildman–Crippen LogP) is 2.23. The second-order valence-corrected chi connectivity index (χ2v) is 7.45. The van der Waals surface area contributed by atoms with E-state index in [-0.39, 0.29) is 10.6 Å². The largest absolute Gasteiger partial charge is 0.449 e. The molecule has 0 saturated heterocycles. The summed E-state index contributed by atoms with van der Waals surface area (Å²) in [6, 6.07) is 13.0. The molecule has 2 aromatic carbocycles. The minimum absolute atomic E-state index is 0.133. The van der Waals surface area contributed by atoms with E-state index in [2.05, 4.69) is 5.32 Å². The van der Waals surface area contributed by atoms with Crippen LogP contribution in [-0.2, 0) is 24.3 Å². The second-order valence-electron chi connectivity index (χ2n) is 5.89. The number of benzene rings is 2. The molecular formula is C19H20N2O5S. The number of anilines is 1. The van der Waals surface area contributed by atoms with E-state index in [1.54, 1.807) is 6.08 Å². The Hall–Kier alpha value is -2.97. The van der Waals surface area contributed by atoms with Crippen molar-refractivity contribution in [3.05, 3.63) is 65.7 Å². The van der Waals surface area contributed by atoms with Gasteiger partial charge in [0.15, 0.2) is 6.10 Å². The first-order valence-corrected chi connectivity index (χ1v) is 9.59. The molecule has 142 valence electrons. The molecule has 0 unspecified atom stereocenters. The first-order valence-electron chi connectivity index (χ1n) is 8.04. The van der Waals surface area contributed by atoms with Crippen LogP contribution in [0.4, 0.5) is 5.69 Å². The number of rotatable bonds is 6. The molecule has 27 heavy (non-hydrogen) atoms. The van der Waals surface area contributed by atoms with Crippen LogP contribution in [0.5, 0.6) is 0 Å². The number of esters is 1. The molecule has 0 aliphatic heterocycles. The van der Waals surface area contributed by atoms with Crippen LogP contribution in [0.15, 0.2) is 59.5 Å². The highest BCUT2D eigenvalue weighted by molar-refractivity contribution is 7.89. The number of nitrogens with two attached hydrogens (primary N) is 1. The van der Waals surface area contributed by atoms with Gasteiger partial charge in [-0.3, -0.25) is 4.79 Å². The van der Waals surface area contributed by atoms with Crippen molar-refractivity contribution in [1.82, 2.24) is 0 Å². The Morgan fingerprint density at radius 2 is 1.81 bits per heavy atom. The van der Waals surface area contributed by atoms with E-state index in [1.165, 1.54) is 37.3 Å². The number of nitrogens with one attached hydrogen (secondary N) is 1. The molecule has 0 aliphatic rings. The van der Waals surface area contributed by atoms with Gasteiger partial charge in [0.2, 0.25) is 10.0 Å². The van der Waals surface area contributed by atoms with Crippen molar-refractivity contribution in [2.24, 2.45) is 5.14 Å². The van der Waals surface area contributed by atoms with Gasteiger partial charge >= 0.3 is 5.97 Å². The fraction of sp³-hybridized carbons (Fsp3) is 0.158. The molecule has 1 atom stereocenters. The molecule has 3 N–H and O–H groups in total. The summed E-state index contributed by atoms with van der Waals surface area (Å²) in [5.41, 5.74) is 2.16. The highest BCUT2D eigenvalue weighted by atomic mass is 32.2. The molecule has 0 radical (unpaired) electrons. The van der Waals surface area contributed by atoms with Crippen molar-refractivity contribution in [2.45, 2.75) is 24.8 Å². The molecular weight excluding hydrogens is 368 g/mol. The van der Waals surface area contributed by atoms with E-state index in [9.17, 15) is 18.0 Å². The van der Waals surface area contributed by atoms with Gasteiger partial charge in [-0.05, 0) is 43.7 Å². The fourth-order valence-electron chi connectivity index (χ4n) is 2.10. The van der Waals surface area contributed by atoms with Crippen LogP contribution in [0.3, 0.4) is 0 Å². The Bertz CT molecular complexity index is 966. The Kier molecular flexibility index (Phi) is 6.49. The lowest BCUT2D eigenvalue weighted by Crippen LogP contribution is -2.29. The summed E-state index contributed by atoms with van der Waals surface area (Å²) in [6.45, 7) is 3.37. The van der Waals surface area contributed by atoms with Gasteiger partial charge < -0.3 is 10.1 Å².